The molecule has 0 atom stereocenters. The minimum Gasteiger partial charge on any atom is -0.550 e. The van der Waals surface area contributed by atoms with Crippen LogP contribution in [0.25, 0.3) is 0 Å². The number of benzene rings is 1. The van der Waals surface area contributed by atoms with Crippen LogP contribution in [0.15, 0.2) is 18.2 Å². The van der Waals surface area contributed by atoms with Gasteiger partial charge in [-0.25, -0.2) is 0 Å². The van der Waals surface area contributed by atoms with Gasteiger partial charge in [0.25, 0.3) is 0 Å². The number of hydrogen-bond acceptors (Lipinski definition) is 3. The van der Waals surface area contributed by atoms with E-state index in [1.165, 1.54) is 0 Å². The van der Waals surface area contributed by atoms with Gasteiger partial charge in [-0.3, -0.25) is 4.79 Å². The number of anilines is 1. The van der Waals surface area contributed by atoms with Crippen molar-refractivity contribution in [3.63, 3.8) is 0 Å². The highest BCUT2D eigenvalue weighted by atomic mass is 16.4. The van der Waals surface area contributed by atoms with Crippen LogP contribution in [0.2, 0.25) is 0 Å². The minimum absolute atomic E-state index is 0.0205. The normalized spacial score (nSPS) is 17.0. The topological polar surface area (TPSA) is 69.2 Å². The average molecular weight is 302 g/mol. The third-order valence-electron chi connectivity index (χ3n) is 4.63. The summed E-state index contributed by atoms with van der Waals surface area (Å²) >= 11 is 0. The van der Waals surface area contributed by atoms with E-state index in [1.807, 2.05) is 32.0 Å². The summed E-state index contributed by atoms with van der Waals surface area (Å²) in [5, 5.41) is 14.0. The standard InChI is InChI=1S/C18H25NO3/c1-13-6-7-15(14(2)10-13)19-16(20)11-18(12-17(21)22)8-4-3-5-9-18/h6-7,10H,3-5,8-9,11-12H2,1-2H3,(H,19,20)(H,21,22)/p-1. The second-order valence-corrected chi connectivity index (χ2v) is 6.65. The molecule has 4 nitrogen and oxygen atoms in total. The minimum atomic E-state index is -1.05. The van der Waals surface area contributed by atoms with E-state index in [-0.39, 0.29) is 18.7 Å². The van der Waals surface area contributed by atoms with Gasteiger partial charge in [0, 0.05) is 18.1 Å². The predicted octanol–water partition coefficient (Wildman–Crippen LogP) is 2.72. The lowest BCUT2D eigenvalue weighted by Crippen LogP contribution is -2.36. The van der Waals surface area contributed by atoms with Crippen molar-refractivity contribution >= 4 is 17.6 Å². The maximum absolute atomic E-state index is 12.4. The maximum atomic E-state index is 12.4. The van der Waals surface area contributed by atoms with Crippen LogP contribution in [0.5, 0.6) is 0 Å². The van der Waals surface area contributed by atoms with Crippen LogP contribution < -0.4 is 10.4 Å². The van der Waals surface area contributed by atoms with Crippen LogP contribution in [-0.4, -0.2) is 11.9 Å². The molecule has 0 aromatic heterocycles. The second kappa shape index (κ2) is 6.95. The Morgan fingerprint density at radius 3 is 2.41 bits per heavy atom. The Labute approximate surface area is 131 Å². The van der Waals surface area contributed by atoms with Crippen LogP contribution in [0.3, 0.4) is 0 Å². The molecule has 1 aliphatic rings. The highest BCUT2D eigenvalue weighted by Gasteiger charge is 2.34. The zero-order valence-corrected chi connectivity index (χ0v) is 13.4. The molecule has 4 heteroatoms. The zero-order valence-electron chi connectivity index (χ0n) is 13.4. The largest absolute Gasteiger partial charge is 0.550 e. The highest BCUT2D eigenvalue weighted by Crippen LogP contribution is 2.42. The van der Waals surface area contributed by atoms with Gasteiger partial charge in [-0.05, 0) is 50.2 Å². The highest BCUT2D eigenvalue weighted by molar-refractivity contribution is 5.92. The van der Waals surface area contributed by atoms with Crippen LogP contribution in [-0.2, 0) is 9.59 Å². The molecule has 0 unspecified atom stereocenters. The summed E-state index contributed by atoms with van der Waals surface area (Å²) in [6.07, 6.45) is 4.92. The number of carboxylic acids is 1. The Morgan fingerprint density at radius 1 is 1.14 bits per heavy atom. The van der Waals surface area contributed by atoms with E-state index in [2.05, 4.69) is 5.32 Å². The van der Waals surface area contributed by atoms with Crippen molar-refractivity contribution in [2.75, 3.05) is 5.32 Å². The van der Waals surface area contributed by atoms with E-state index < -0.39 is 11.4 Å². The molecule has 0 radical (unpaired) electrons. The number of amides is 1. The molecule has 22 heavy (non-hydrogen) atoms. The van der Waals surface area contributed by atoms with Gasteiger partial charge in [0.15, 0.2) is 0 Å². The fraction of sp³-hybridized carbons (Fsp3) is 0.556. The average Bonchev–Trinajstić information content (AvgIpc) is 2.42. The van der Waals surface area contributed by atoms with Gasteiger partial charge in [0.1, 0.15) is 0 Å². The number of rotatable bonds is 5. The predicted molar refractivity (Wildman–Crippen MR) is 84.3 cm³/mol. The van der Waals surface area contributed by atoms with E-state index in [4.69, 9.17) is 0 Å². The van der Waals surface area contributed by atoms with E-state index in [0.29, 0.717) is 0 Å². The molecular weight excluding hydrogens is 278 g/mol. The van der Waals surface area contributed by atoms with Gasteiger partial charge in [0.05, 0.1) is 0 Å². The van der Waals surface area contributed by atoms with Crippen LogP contribution in [0.1, 0.15) is 56.1 Å². The first kappa shape index (κ1) is 16.5. The van der Waals surface area contributed by atoms with E-state index in [1.54, 1.807) is 0 Å². The van der Waals surface area contributed by atoms with Crippen molar-refractivity contribution in [3.8, 4) is 0 Å². The summed E-state index contributed by atoms with van der Waals surface area (Å²) in [6.45, 7) is 3.97. The second-order valence-electron chi connectivity index (χ2n) is 6.65. The monoisotopic (exact) mass is 302 g/mol. The molecule has 2 rings (SSSR count). The number of hydrogen-bond donors (Lipinski definition) is 1. The third kappa shape index (κ3) is 4.33. The van der Waals surface area contributed by atoms with Gasteiger partial charge in [-0.1, -0.05) is 37.0 Å². The number of nitrogens with one attached hydrogen (secondary N) is 1. The van der Waals surface area contributed by atoms with Gasteiger partial charge in [-0.2, -0.15) is 0 Å². The first-order chi connectivity index (χ1) is 10.4. The molecule has 0 aliphatic heterocycles. The molecule has 0 spiro atoms. The number of carbonyl (C=O) groups is 2. The smallest absolute Gasteiger partial charge is 0.224 e. The molecule has 1 amide bonds. The van der Waals surface area contributed by atoms with Gasteiger partial charge in [-0.15, -0.1) is 0 Å². The first-order valence-corrected chi connectivity index (χ1v) is 7.97. The number of aliphatic carboxylic acids is 1. The van der Waals surface area contributed by atoms with Gasteiger partial charge < -0.3 is 15.2 Å². The number of aryl methyl sites for hydroxylation is 2. The zero-order chi connectivity index (χ0) is 16.2. The summed E-state index contributed by atoms with van der Waals surface area (Å²) in [5.41, 5.74) is 2.54. The third-order valence-corrected chi connectivity index (χ3v) is 4.63. The summed E-state index contributed by atoms with van der Waals surface area (Å²) in [5.74, 6) is -1.16. The van der Waals surface area contributed by atoms with Crippen molar-refractivity contribution in [1.29, 1.82) is 0 Å². The number of carbonyl (C=O) groups excluding carboxylic acids is 2. The Hall–Kier alpha value is -1.84. The summed E-state index contributed by atoms with van der Waals surface area (Å²) in [6, 6.07) is 5.88. The van der Waals surface area contributed by atoms with E-state index in [9.17, 15) is 14.7 Å². The van der Waals surface area contributed by atoms with Gasteiger partial charge >= 0.3 is 0 Å². The Balaban J connectivity index is 2.06. The summed E-state index contributed by atoms with van der Waals surface area (Å²) in [4.78, 5) is 23.4. The van der Waals surface area contributed by atoms with E-state index in [0.717, 1.165) is 48.9 Å². The lowest BCUT2D eigenvalue weighted by Gasteiger charge is -2.37. The molecular formula is C18H24NO3-. The van der Waals surface area contributed by atoms with Crippen LogP contribution in [0.4, 0.5) is 5.69 Å². The molecule has 1 aromatic carbocycles. The summed E-state index contributed by atoms with van der Waals surface area (Å²) < 4.78 is 0. The lowest BCUT2D eigenvalue weighted by atomic mass is 9.69. The van der Waals surface area contributed by atoms with E-state index >= 15 is 0 Å². The fourth-order valence-corrected chi connectivity index (χ4v) is 3.51. The van der Waals surface area contributed by atoms with Crippen molar-refractivity contribution in [2.24, 2.45) is 5.41 Å². The van der Waals surface area contributed by atoms with Crippen molar-refractivity contribution < 1.29 is 14.7 Å². The molecule has 1 fully saturated rings. The fourth-order valence-electron chi connectivity index (χ4n) is 3.51. The summed E-state index contributed by atoms with van der Waals surface area (Å²) in [7, 11) is 0. The quantitative estimate of drug-likeness (QED) is 0.909. The molecule has 1 aromatic rings. The van der Waals surface area contributed by atoms with Crippen LogP contribution in [0, 0.1) is 19.3 Å². The van der Waals surface area contributed by atoms with Crippen molar-refractivity contribution in [2.45, 2.75) is 58.8 Å². The van der Waals surface area contributed by atoms with Crippen molar-refractivity contribution in [1.82, 2.24) is 0 Å². The lowest BCUT2D eigenvalue weighted by molar-refractivity contribution is -0.308. The molecule has 0 bridgehead atoms. The number of carboxylic acid groups (broad SMARTS) is 1. The molecule has 0 heterocycles. The Bertz CT molecular complexity index is 559. The SMILES string of the molecule is Cc1ccc(NC(=O)CC2(CC(=O)[O-])CCCCC2)c(C)c1. The first-order valence-electron chi connectivity index (χ1n) is 7.97. The van der Waals surface area contributed by atoms with Gasteiger partial charge in [0.2, 0.25) is 5.91 Å². The molecule has 0 saturated heterocycles. The molecule has 1 N–H and O–H groups in total. The van der Waals surface area contributed by atoms with Crippen molar-refractivity contribution in [3.05, 3.63) is 29.3 Å². The molecule has 1 saturated carbocycles. The Kier molecular flexibility index (Phi) is 5.22. The maximum Gasteiger partial charge on any atom is 0.224 e. The Morgan fingerprint density at radius 2 is 1.82 bits per heavy atom. The molecule has 120 valence electrons. The van der Waals surface area contributed by atoms with Crippen LogP contribution >= 0.6 is 0 Å². The molecule has 1 aliphatic carbocycles.